The molecule has 3 nitrogen and oxygen atoms in total. The Kier molecular flexibility index (Phi) is 4.25. The maximum absolute atomic E-state index is 12.7. The molecule has 0 aromatic carbocycles. The summed E-state index contributed by atoms with van der Waals surface area (Å²) in [6, 6.07) is 2.68. The number of nitrogens with zero attached hydrogens (tertiary/aromatic N) is 2. The molecule has 0 aliphatic rings. The highest BCUT2D eigenvalue weighted by Gasteiger charge is 2.51. The Bertz CT molecular complexity index is 559. The van der Waals surface area contributed by atoms with Crippen LogP contribution in [-0.4, -0.2) is 20.7 Å². The van der Waals surface area contributed by atoms with Crippen LogP contribution in [0.3, 0.4) is 0 Å². The third-order valence-corrected chi connectivity index (χ3v) is 2.80. The summed E-state index contributed by atoms with van der Waals surface area (Å²) in [6.07, 6.45) is -1.90. The Labute approximate surface area is 109 Å². The lowest BCUT2D eigenvalue weighted by Gasteiger charge is -2.26. The van der Waals surface area contributed by atoms with Crippen LogP contribution in [0.15, 0.2) is 24.5 Å². The number of aryl methyl sites for hydroxylation is 1. The van der Waals surface area contributed by atoms with Crippen LogP contribution in [0, 0.1) is 6.92 Å². The van der Waals surface area contributed by atoms with Crippen molar-refractivity contribution < 1.29 is 18.3 Å². The number of imidazole rings is 1. The van der Waals surface area contributed by atoms with E-state index in [1.807, 2.05) is 13.8 Å². The van der Waals surface area contributed by atoms with Crippen molar-refractivity contribution in [2.75, 3.05) is 0 Å². The molecular weight excluding hydrogens is 257 g/mol. The molecule has 0 amide bonds. The maximum Gasteiger partial charge on any atom is 0.421 e. The van der Waals surface area contributed by atoms with Crippen LogP contribution in [0.5, 0.6) is 0 Å². The van der Waals surface area contributed by atoms with Gasteiger partial charge in [0.25, 0.3) is 0 Å². The number of hydrogen-bond acceptors (Lipinski definition) is 2. The molecule has 2 heterocycles. The largest absolute Gasteiger partial charge is 0.421 e. The zero-order valence-corrected chi connectivity index (χ0v) is 11.3. The average molecular weight is 274 g/mol. The fourth-order valence-corrected chi connectivity index (χ4v) is 1.55. The molecule has 0 aliphatic carbocycles. The molecule has 0 fully saturated rings. The summed E-state index contributed by atoms with van der Waals surface area (Å²) >= 11 is 0. The van der Waals surface area contributed by atoms with Crippen molar-refractivity contribution in [3.8, 4) is 0 Å². The number of halogens is 3. The number of pyridine rings is 1. The fraction of sp³-hybridized carbons (Fsp3) is 0.462. The van der Waals surface area contributed by atoms with E-state index in [1.54, 1.807) is 13.1 Å². The van der Waals surface area contributed by atoms with Crippen molar-refractivity contribution in [2.45, 2.75) is 39.5 Å². The van der Waals surface area contributed by atoms with Crippen LogP contribution in [0.1, 0.15) is 32.0 Å². The summed E-state index contributed by atoms with van der Waals surface area (Å²) in [7, 11) is 0. The quantitative estimate of drug-likeness (QED) is 0.865. The molecule has 2 rings (SSSR count). The van der Waals surface area contributed by atoms with Gasteiger partial charge in [-0.3, -0.25) is 0 Å². The minimum absolute atomic E-state index is 0.210. The SMILES string of the molecule is CC.Cc1cnc2ccc(C(C)(O)C(F)(F)F)cn12. The third kappa shape index (κ3) is 2.73. The van der Waals surface area contributed by atoms with Gasteiger partial charge in [0.05, 0.1) is 0 Å². The highest BCUT2D eigenvalue weighted by atomic mass is 19.4. The summed E-state index contributed by atoms with van der Waals surface area (Å²) in [5, 5.41) is 9.55. The highest BCUT2D eigenvalue weighted by molar-refractivity contribution is 5.42. The Balaban J connectivity index is 0.000000861. The van der Waals surface area contributed by atoms with Gasteiger partial charge in [-0.05, 0) is 19.9 Å². The van der Waals surface area contributed by atoms with Crippen LogP contribution in [-0.2, 0) is 5.60 Å². The molecule has 6 heteroatoms. The number of aliphatic hydroxyl groups is 1. The van der Waals surface area contributed by atoms with Crippen LogP contribution in [0.4, 0.5) is 13.2 Å². The first-order chi connectivity index (χ1) is 8.73. The summed E-state index contributed by atoms with van der Waals surface area (Å²) in [5.74, 6) is 0. The summed E-state index contributed by atoms with van der Waals surface area (Å²) in [4.78, 5) is 4.00. The molecule has 0 bridgehead atoms. The predicted molar refractivity (Wildman–Crippen MR) is 66.9 cm³/mol. The first-order valence-electron chi connectivity index (χ1n) is 5.97. The molecule has 2 aromatic rings. The lowest BCUT2D eigenvalue weighted by molar-refractivity contribution is -0.259. The van der Waals surface area contributed by atoms with E-state index in [0.717, 1.165) is 6.92 Å². The maximum atomic E-state index is 12.7. The zero-order chi connectivity index (χ0) is 14.8. The summed E-state index contributed by atoms with van der Waals surface area (Å²) < 4.78 is 39.5. The van der Waals surface area contributed by atoms with Crippen molar-refractivity contribution in [1.82, 2.24) is 9.38 Å². The second-order valence-electron chi connectivity index (χ2n) is 4.12. The molecular formula is C13H17F3N2O. The molecule has 19 heavy (non-hydrogen) atoms. The topological polar surface area (TPSA) is 37.5 Å². The first kappa shape index (κ1) is 15.5. The monoisotopic (exact) mass is 274 g/mol. The predicted octanol–water partition coefficient (Wildman–Crippen LogP) is 3.44. The van der Waals surface area contributed by atoms with Gasteiger partial charge >= 0.3 is 6.18 Å². The van der Waals surface area contributed by atoms with Crippen molar-refractivity contribution in [3.63, 3.8) is 0 Å². The van der Waals surface area contributed by atoms with Crippen molar-refractivity contribution >= 4 is 5.65 Å². The molecule has 2 aromatic heterocycles. The number of fused-ring (bicyclic) bond motifs is 1. The molecule has 0 radical (unpaired) electrons. The van der Waals surface area contributed by atoms with E-state index >= 15 is 0 Å². The van der Waals surface area contributed by atoms with Crippen molar-refractivity contribution in [2.24, 2.45) is 0 Å². The Hall–Kier alpha value is -1.56. The molecule has 1 unspecified atom stereocenters. The van der Waals surface area contributed by atoms with Gasteiger partial charge in [0.15, 0.2) is 5.60 Å². The lowest BCUT2D eigenvalue weighted by Crippen LogP contribution is -2.39. The van der Waals surface area contributed by atoms with E-state index in [4.69, 9.17) is 0 Å². The first-order valence-corrected chi connectivity index (χ1v) is 5.97. The molecule has 0 spiro atoms. The van der Waals surface area contributed by atoms with E-state index in [1.165, 1.54) is 22.7 Å². The van der Waals surface area contributed by atoms with Gasteiger partial charge in [-0.1, -0.05) is 19.9 Å². The number of aromatic nitrogens is 2. The van der Waals surface area contributed by atoms with Crippen LogP contribution < -0.4 is 0 Å². The minimum atomic E-state index is -4.71. The van der Waals surface area contributed by atoms with Crippen molar-refractivity contribution in [1.29, 1.82) is 0 Å². The van der Waals surface area contributed by atoms with Crippen molar-refractivity contribution in [3.05, 3.63) is 35.8 Å². The average Bonchev–Trinajstić information content (AvgIpc) is 2.72. The van der Waals surface area contributed by atoms with E-state index in [9.17, 15) is 18.3 Å². The van der Waals surface area contributed by atoms with E-state index in [0.29, 0.717) is 11.3 Å². The number of alkyl halides is 3. The smallest absolute Gasteiger partial charge is 0.376 e. The summed E-state index contributed by atoms with van der Waals surface area (Å²) in [6.45, 7) is 6.46. The lowest BCUT2D eigenvalue weighted by atomic mass is 9.97. The second kappa shape index (κ2) is 5.21. The standard InChI is InChI=1S/C11H11F3N2O.C2H6/c1-7-5-15-9-4-3-8(6-16(7)9)10(2,17)11(12,13)14;1-2/h3-6,17H,1-2H3;1-2H3. The van der Waals surface area contributed by atoms with E-state index in [-0.39, 0.29) is 5.56 Å². The van der Waals surface area contributed by atoms with Gasteiger partial charge in [-0.25, -0.2) is 4.98 Å². The molecule has 0 saturated heterocycles. The van der Waals surface area contributed by atoms with E-state index < -0.39 is 11.8 Å². The Morgan fingerprint density at radius 3 is 2.32 bits per heavy atom. The normalized spacial score (nSPS) is 14.7. The van der Waals surface area contributed by atoms with Crippen LogP contribution in [0.2, 0.25) is 0 Å². The van der Waals surface area contributed by atoms with Gasteiger partial charge in [-0.15, -0.1) is 0 Å². The van der Waals surface area contributed by atoms with Crippen LogP contribution in [0.25, 0.3) is 5.65 Å². The molecule has 0 aliphatic heterocycles. The Morgan fingerprint density at radius 1 is 1.21 bits per heavy atom. The molecule has 106 valence electrons. The number of rotatable bonds is 1. The van der Waals surface area contributed by atoms with Gasteiger partial charge in [0.2, 0.25) is 0 Å². The van der Waals surface area contributed by atoms with Gasteiger partial charge in [-0.2, -0.15) is 13.2 Å². The molecule has 1 N–H and O–H groups in total. The second-order valence-corrected chi connectivity index (χ2v) is 4.12. The van der Waals surface area contributed by atoms with Gasteiger partial charge < -0.3 is 9.51 Å². The molecule has 0 saturated carbocycles. The minimum Gasteiger partial charge on any atom is -0.376 e. The van der Waals surface area contributed by atoms with Crippen LogP contribution >= 0.6 is 0 Å². The molecule has 1 atom stereocenters. The van der Waals surface area contributed by atoms with Gasteiger partial charge in [0, 0.05) is 23.7 Å². The third-order valence-electron chi connectivity index (χ3n) is 2.80. The fourth-order valence-electron chi connectivity index (χ4n) is 1.55. The zero-order valence-electron chi connectivity index (χ0n) is 11.3. The van der Waals surface area contributed by atoms with E-state index in [2.05, 4.69) is 4.98 Å². The van der Waals surface area contributed by atoms with Gasteiger partial charge in [0.1, 0.15) is 5.65 Å². The number of hydrogen-bond donors (Lipinski definition) is 1. The summed E-state index contributed by atoms with van der Waals surface area (Å²) in [5.41, 5.74) is -1.82. The highest BCUT2D eigenvalue weighted by Crippen LogP contribution is 2.38. The Morgan fingerprint density at radius 2 is 1.79 bits per heavy atom.